The fraction of sp³-hybridized carbons (Fsp3) is 0.0556. The highest BCUT2D eigenvalue weighted by Crippen LogP contribution is 2.34. The number of nitrogens with zero attached hydrogens (tertiary/aromatic N) is 2. The van der Waals surface area contributed by atoms with Crippen LogP contribution in [-0.2, 0) is 0 Å². The van der Waals surface area contributed by atoms with Gasteiger partial charge in [-0.25, -0.2) is 0 Å². The van der Waals surface area contributed by atoms with Gasteiger partial charge in [-0.2, -0.15) is 0 Å². The van der Waals surface area contributed by atoms with E-state index in [4.69, 9.17) is 4.74 Å². The SMILES string of the molecule is C=CCOc1ccc(C(=O)Nc2ccccc2Sc2nncs2)cc1. The van der Waals surface area contributed by atoms with Crippen LogP contribution in [0.15, 0.2) is 75.9 Å². The van der Waals surface area contributed by atoms with Gasteiger partial charge in [0.1, 0.15) is 17.9 Å². The summed E-state index contributed by atoms with van der Waals surface area (Å²) in [4.78, 5) is 13.4. The molecule has 1 heterocycles. The van der Waals surface area contributed by atoms with E-state index >= 15 is 0 Å². The van der Waals surface area contributed by atoms with Gasteiger partial charge >= 0.3 is 0 Å². The van der Waals surface area contributed by atoms with Crippen molar-refractivity contribution in [2.75, 3.05) is 11.9 Å². The summed E-state index contributed by atoms with van der Waals surface area (Å²) in [6.45, 7) is 4.04. The van der Waals surface area contributed by atoms with Crippen molar-refractivity contribution in [2.45, 2.75) is 9.24 Å². The van der Waals surface area contributed by atoms with Crippen LogP contribution in [0.5, 0.6) is 5.75 Å². The van der Waals surface area contributed by atoms with E-state index in [0.717, 1.165) is 14.9 Å². The lowest BCUT2D eigenvalue weighted by Crippen LogP contribution is -2.12. The minimum atomic E-state index is -0.180. The number of aromatic nitrogens is 2. The van der Waals surface area contributed by atoms with Crippen LogP contribution in [-0.4, -0.2) is 22.7 Å². The van der Waals surface area contributed by atoms with Crippen molar-refractivity contribution in [1.29, 1.82) is 0 Å². The molecule has 1 amide bonds. The molecule has 0 aliphatic rings. The first-order valence-corrected chi connectivity index (χ1v) is 9.14. The number of hydrogen-bond donors (Lipinski definition) is 1. The molecule has 0 bridgehead atoms. The van der Waals surface area contributed by atoms with Crippen molar-refractivity contribution >= 4 is 34.7 Å². The summed E-state index contributed by atoms with van der Waals surface area (Å²) in [5.41, 5.74) is 2.97. The Morgan fingerprint density at radius 3 is 2.76 bits per heavy atom. The highest BCUT2D eigenvalue weighted by molar-refractivity contribution is 8.01. The van der Waals surface area contributed by atoms with Crippen molar-refractivity contribution < 1.29 is 9.53 Å². The van der Waals surface area contributed by atoms with Crippen LogP contribution in [0.3, 0.4) is 0 Å². The molecular weight excluding hydrogens is 354 g/mol. The number of para-hydroxylation sites is 1. The Balaban J connectivity index is 1.71. The van der Waals surface area contributed by atoms with Gasteiger partial charge in [-0.05, 0) is 36.4 Å². The summed E-state index contributed by atoms with van der Waals surface area (Å²) in [5.74, 6) is 0.518. The van der Waals surface area contributed by atoms with Gasteiger partial charge < -0.3 is 10.1 Å². The molecule has 0 atom stereocenters. The third-order valence-corrected chi connectivity index (χ3v) is 5.01. The normalized spacial score (nSPS) is 10.2. The van der Waals surface area contributed by atoms with Crippen LogP contribution < -0.4 is 10.1 Å². The zero-order chi connectivity index (χ0) is 17.5. The molecule has 3 aromatic rings. The standard InChI is InChI=1S/C18H15N3O2S2/c1-2-11-23-14-9-7-13(8-10-14)17(22)20-15-5-3-4-6-16(15)25-18-21-19-12-24-18/h2-10,12H,1,11H2,(H,20,22). The van der Waals surface area contributed by atoms with Gasteiger partial charge in [0.05, 0.1) is 5.69 Å². The lowest BCUT2D eigenvalue weighted by molar-refractivity contribution is 0.102. The Labute approximate surface area is 153 Å². The van der Waals surface area contributed by atoms with E-state index in [1.807, 2.05) is 24.3 Å². The van der Waals surface area contributed by atoms with E-state index < -0.39 is 0 Å². The Morgan fingerprint density at radius 1 is 1.24 bits per heavy atom. The molecule has 126 valence electrons. The molecular formula is C18H15N3O2S2. The van der Waals surface area contributed by atoms with Crippen molar-refractivity contribution in [3.63, 3.8) is 0 Å². The summed E-state index contributed by atoms with van der Waals surface area (Å²) in [5, 5.41) is 10.8. The molecule has 0 saturated carbocycles. The second-order valence-corrected chi connectivity index (χ2v) is 7.00. The first-order valence-electron chi connectivity index (χ1n) is 7.44. The van der Waals surface area contributed by atoms with Crippen molar-refractivity contribution in [1.82, 2.24) is 10.2 Å². The number of hydrogen-bond acceptors (Lipinski definition) is 6. The lowest BCUT2D eigenvalue weighted by Gasteiger charge is -2.10. The summed E-state index contributed by atoms with van der Waals surface area (Å²) in [6.07, 6.45) is 1.67. The van der Waals surface area contributed by atoms with Gasteiger partial charge in [0.2, 0.25) is 0 Å². The molecule has 0 radical (unpaired) electrons. The van der Waals surface area contributed by atoms with Crippen LogP contribution in [0.2, 0.25) is 0 Å². The molecule has 5 nitrogen and oxygen atoms in total. The van der Waals surface area contributed by atoms with E-state index in [-0.39, 0.29) is 5.91 Å². The van der Waals surface area contributed by atoms with Crippen LogP contribution in [0.25, 0.3) is 0 Å². The maximum atomic E-state index is 12.5. The molecule has 3 rings (SSSR count). The summed E-state index contributed by atoms with van der Waals surface area (Å²) >= 11 is 2.93. The van der Waals surface area contributed by atoms with E-state index in [1.54, 1.807) is 35.9 Å². The van der Waals surface area contributed by atoms with E-state index in [2.05, 4.69) is 22.1 Å². The molecule has 0 saturated heterocycles. The summed E-state index contributed by atoms with van der Waals surface area (Å²) in [7, 11) is 0. The maximum absolute atomic E-state index is 12.5. The fourth-order valence-electron chi connectivity index (χ4n) is 2.01. The minimum absolute atomic E-state index is 0.180. The highest BCUT2D eigenvalue weighted by atomic mass is 32.2. The number of carbonyl (C=O) groups is 1. The average molecular weight is 369 g/mol. The third kappa shape index (κ3) is 4.68. The Hall–Kier alpha value is -2.64. The molecule has 0 aliphatic carbocycles. The van der Waals surface area contributed by atoms with Crippen molar-refractivity contribution in [3.05, 3.63) is 72.3 Å². The van der Waals surface area contributed by atoms with Gasteiger partial charge in [0.15, 0.2) is 4.34 Å². The second kappa shape index (κ2) is 8.46. The minimum Gasteiger partial charge on any atom is -0.490 e. The molecule has 2 aromatic carbocycles. The number of ether oxygens (including phenoxy) is 1. The quantitative estimate of drug-likeness (QED) is 0.621. The third-order valence-electron chi connectivity index (χ3n) is 3.16. The fourth-order valence-corrected chi connectivity index (χ4v) is 3.53. The lowest BCUT2D eigenvalue weighted by atomic mass is 10.2. The molecule has 1 N–H and O–H groups in total. The monoisotopic (exact) mass is 369 g/mol. The maximum Gasteiger partial charge on any atom is 0.255 e. The summed E-state index contributed by atoms with van der Waals surface area (Å²) < 4.78 is 6.25. The topological polar surface area (TPSA) is 64.1 Å². The molecule has 7 heteroatoms. The predicted octanol–water partition coefficient (Wildman–Crippen LogP) is 4.51. The number of amides is 1. The Kier molecular flexibility index (Phi) is 5.81. The van der Waals surface area contributed by atoms with Crippen LogP contribution in [0, 0.1) is 0 Å². The van der Waals surface area contributed by atoms with Crippen LogP contribution in [0.4, 0.5) is 5.69 Å². The zero-order valence-corrected chi connectivity index (χ0v) is 14.8. The van der Waals surface area contributed by atoms with Crippen LogP contribution in [0.1, 0.15) is 10.4 Å². The molecule has 0 fully saturated rings. The van der Waals surface area contributed by atoms with E-state index in [9.17, 15) is 4.79 Å². The molecule has 0 spiro atoms. The predicted molar refractivity (Wildman–Crippen MR) is 101 cm³/mol. The number of benzene rings is 2. The molecule has 1 aromatic heterocycles. The average Bonchev–Trinajstić information content (AvgIpc) is 3.15. The van der Waals surface area contributed by atoms with Gasteiger partial charge in [0.25, 0.3) is 5.91 Å². The number of nitrogens with one attached hydrogen (secondary N) is 1. The highest BCUT2D eigenvalue weighted by Gasteiger charge is 2.11. The Bertz CT molecular complexity index is 849. The van der Waals surface area contributed by atoms with Gasteiger partial charge in [-0.1, -0.05) is 47.9 Å². The number of anilines is 1. The second-order valence-electron chi connectivity index (χ2n) is 4.88. The molecule has 0 unspecified atom stereocenters. The van der Waals surface area contributed by atoms with Crippen LogP contribution >= 0.6 is 23.1 Å². The van der Waals surface area contributed by atoms with Crippen molar-refractivity contribution in [3.8, 4) is 5.75 Å². The first-order chi connectivity index (χ1) is 12.3. The van der Waals surface area contributed by atoms with Gasteiger partial charge in [-0.15, -0.1) is 10.2 Å². The van der Waals surface area contributed by atoms with Crippen molar-refractivity contribution in [2.24, 2.45) is 0 Å². The smallest absolute Gasteiger partial charge is 0.255 e. The molecule has 25 heavy (non-hydrogen) atoms. The van der Waals surface area contributed by atoms with Gasteiger partial charge in [0, 0.05) is 10.5 Å². The molecule has 0 aliphatic heterocycles. The van der Waals surface area contributed by atoms with Gasteiger partial charge in [-0.3, -0.25) is 4.79 Å². The number of carbonyl (C=O) groups excluding carboxylic acids is 1. The first kappa shape index (κ1) is 17.2. The largest absolute Gasteiger partial charge is 0.490 e. The van der Waals surface area contributed by atoms with E-state index in [1.165, 1.54) is 23.1 Å². The Morgan fingerprint density at radius 2 is 2.04 bits per heavy atom. The summed E-state index contributed by atoms with van der Waals surface area (Å²) in [6, 6.07) is 14.6. The van der Waals surface area contributed by atoms with E-state index in [0.29, 0.717) is 17.9 Å². The number of rotatable bonds is 7. The zero-order valence-electron chi connectivity index (χ0n) is 13.2.